The van der Waals surface area contributed by atoms with Crippen molar-refractivity contribution in [2.24, 2.45) is 0 Å². The first-order valence-electron chi connectivity index (χ1n) is 4.60. The fraction of sp³-hybridized carbons (Fsp3) is 0.200. The monoisotopic (exact) mass is 244 g/mol. The van der Waals surface area contributed by atoms with Crippen LogP contribution in [-0.2, 0) is 6.18 Å². The Hall–Kier alpha value is -2.05. The van der Waals surface area contributed by atoms with Gasteiger partial charge in [-0.1, -0.05) is 0 Å². The van der Waals surface area contributed by atoms with Crippen molar-refractivity contribution in [3.05, 3.63) is 29.0 Å². The van der Waals surface area contributed by atoms with E-state index in [2.05, 4.69) is 10.2 Å². The van der Waals surface area contributed by atoms with E-state index >= 15 is 0 Å². The number of nitrogens with one attached hydrogen (secondary N) is 1. The molecule has 90 valence electrons. The van der Waals surface area contributed by atoms with E-state index in [0.717, 1.165) is 6.07 Å². The minimum absolute atomic E-state index is 0.0306. The lowest BCUT2D eigenvalue weighted by atomic mass is 10.0. The second-order valence-corrected chi connectivity index (χ2v) is 3.57. The number of hydrogen-bond acceptors (Lipinski definition) is 2. The van der Waals surface area contributed by atoms with Gasteiger partial charge in [-0.15, -0.1) is 0 Å². The van der Waals surface area contributed by atoms with Gasteiger partial charge in [0.1, 0.15) is 5.52 Å². The van der Waals surface area contributed by atoms with Crippen LogP contribution in [0.4, 0.5) is 13.2 Å². The molecule has 0 amide bonds. The van der Waals surface area contributed by atoms with Gasteiger partial charge in [-0.05, 0) is 19.1 Å². The number of alkyl halides is 3. The van der Waals surface area contributed by atoms with Gasteiger partial charge in [0.05, 0.1) is 11.1 Å². The van der Waals surface area contributed by atoms with Gasteiger partial charge in [0.25, 0.3) is 0 Å². The predicted molar refractivity (Wildman–Crippen MR) is 52.8 cm³/mol. The van der Waals surface area contributed by atoms with Crippen molar-refractivity contribution in [2.45, 2.75) is 13.1 Å². The molecule has 1 aromatic heterocycles. The second kappa shape index (κ2) is 3.47. The zero-order chi connectivity index (χ0) is 12.8. The summed E-state index contributed by atoms with van der Waals surface area (Å²) < 4.78 is 37.7. The van der Waals surface area contributed by atoms with Crippen molar-refractivity contribution in [1.29, 1.82) is 0 Å². The highest BCUT2D eigenvalue weighted by molar-refractivity contribution is 6.02. The van der Waals surface area contributed by atoms with E-state index in [9.17, 15) is 18.0 Å². The molecule has 0 unspecified atom stereocenters. The number of aryl methyl sites for hydroxylation is 1. The summed E-state index contributed by atoms with van der Waals surface area (Å²) in [6.45, 7) is 1.53. The fourth-order valence-corrected chi connectivity index (χ4v) is 1.57. The van der Waals surface area contributed by atoms with E-state index in [4.69, 9.17) is 5.11 Å². The minimum atomic E-state index is -4.58. The Balaban J connectivity index is 2.83. The molecule has 7 heteroatoms. The zero-order valence-electron chi connectivity index (χ0n) is 8.59. The smallest absolute Gasteiger partial charge is 0.416 e. The van der Waals surface area contributed by atoms with E-state index in [-0.39, 0.29) is 10.9 Å². The van der Waals surface area contributed by atoms with E-state index in [0.29, 0.717) is 11.8 Å². The van der Waals surface area contributed by atoms with Gasteiger partial charge in [0, 0.05) is 11.1 Å². The molecule has 0 bridgehead atoms. The van der Waals surface area contributed by atoms with Gasteiger partial charge in [-0.3, -0.25) is 5.10 Å². The molecule has 0 atom stereocenters. The number of rotatable bonds is 1. The lowest BCUT2D eigenvalue weighted by molar-refractivity contribution is -0.137. The van der Waals surface area contributed by atoms with Crippen LogP contribution in [0.25, 0.3) is 10.9 Å². The predicted octanol–water partition coefficient (Wildman–Crippen LogP) is 2.59. The van der Waals surface area contributed by atoms with Crippen LogP contribution >= 0.6 is 0 Å². The normalized spacial score (nSPS) is 12.0. The summed E-state index contributed by atoms with van der Waals surface area (Å²) in [7, 11) is 0. The molecule has 4 nitrogen and oxygen atoms in total. The minimum Gasteiger partial charge on any atom is -0.478 e. The Labute approximate surface area is 93.1 Å². The maximum Gasteiger partial charge on any atom is 0.416 e. The van der Waals surface area contributed by atoms with Crippen molar-refractivity contribution in [2.75, 3.05) is 0 Å². The summed E-state index contributed by atoms with van der Waals surface area (Å²) in [6, 6.07) is 1.48. The van der Waals surface area contributed by atoms with Crippen molar-refractivity contribution in [1.82, 2.24) is 10.2 Å². The average Bonchev–Trinajstić information content (AvgIpc) is 2.58. The number of fused-ring (bicyclic) bond motifs is 1. The highest BCUT2D eigenvalue weighted by Crippen LogP contribution is 2.33. The van der Waals surface area contributed by atoms with Gasteiger partial charge >= 0.3 is 12.1 Å². The molecule has 0 aliphatic carbocycles. The molecule has 0 saturated carbocycles. The van der Waals surface area contributed by atoms with Crippen LogP contribution in [0.15, 0.2) is 12.1 Å². The number of carboxylic acids is 1. The Morgan fingerprint density at radius 3 is 2.59 bits per heavy atom. The molecule has 0 aliphatic rings. The largest absolute Gasteiger partial charge is 0.478 e. The molecular formula is C10H7F3N2O2. The summed E-state index contributed by atoms with van der Waals surface area (Å²) in [5, 5.41) is 15.2. The van der Waals surface area contributed by atoms with Crippen molar-refractivity contribution in [3.8, 4) is 0 Å². The standard InChI is InChI=1S/C10H7F3N2O2/c1-4-6-2-5(10(11,12)13)3-7(9(16)17)8(6)15-14-4/h2-3H,1H3,(H,14,15)(H,16,17). The van der Waals surface area contributed by atoms with E-state index < -0.39 is 23.3 Å². The number of H-pyrrole nitrogens is 1. The first-order valence-corrected chi connectivity index (χ1v) is 4.60. The number of aromatic carboxylic acids is 1. The van der Waals surface area contributed by atoms with E-state index in [1.807, 2.05) is 0 Å². The van der Waals surface area contributed by atoms with Crippen molar-refractivity contribution >= 4 is 16.9 Å². The Morgan fingerprint density at radius 2 is 2.06 bits per heavy atom. The second-order valence-electron chi connectivity index (χ2n) is 3.57. The van der Waals surface area contributed by atoms with E-state index in [1.54, 1.807) is 0 Å². The zero-order valence-corrected chi connectivity index (χ0v) is 8.59. The van der Waals surface area contributed by atoms with Crippen LogP contribution < -0.4 is 0 Å². The molecular weight excluding hydrogens is 237 g/mol. The van der Waals surface area contributed by atoms with Crippen LogP contribution in [0.5, 0.6) is 0 Å². The summed E-state index contributed by atoms with van der Waals surface area (Å²) in [4.78, 5) is 10.9. The van der Waals surface area contributed by atoms with Gasteiger partial charge < -0.3 is 5.11 Å². The molecule has 0 radical (unpaired) electrons. The summed E-state index contributed by atoms with van der Waals surface area (Å²) in [6.07, 6.45) is -4.58. The number of nitrogens with zero attached hydrogens (tertiary/aromatic N) is 1. The number of aromatic amines is 1. The Morgan fingerprint density at radius 1 is 1.41 bits per heavy atom. The maximum absolute atomic E-state index is 12.6. The number of halogens is 3. The third-order valence-electron chi connectivity index (χ3n) is 2.41. The third-order valence-corrected chi connectivity index (χ3v) is 2.41. The molecule has 17 heavy (non-hydrogen) atoms. The summed E-state index contributed by atoms with van der Waals surface area (Å²) >= 11 is 0. The highest BCUT2D eigenvalue weighted by atomic mass is 19.4. The number of carboxylic acid groups (broad SMARTS) is 1. The topological polar surface area (TPSA) is 66.0 Å². The highest BCUT2D eigenvalue weighted by Gasteiger charge is 2.32. The van der Waals surface area contributed by atoms with Crippen LogP contribution in [0.1, 0.15) is 21.6 Å². The van der Waals surface area contributed by atoms with Gasteiger partial charge in [-0.2, -0.15) is 18.3 Å². The van der Waals surface area contributed by atoms with Crippen LogP contribution in [0.3, 0.4) is 0 Å². The molecule has 2 aromatic rings. The van der Waals surface area contributed by atoms with E-state index in [1.165, 1.54) is 6.92 Å². The molecule has 2 N–H and O–H groups in total. The lowest BCUT2D eigenvalue weighted by Crippen LogP contribution is -2.08. The molecule has 2 rings (SSSR count). The fourth-order valence-electron chi connectivity index (χ4n) is 1.57. The molecule has 1 heterocycles. The SMILES string of the molecule is Cc1[nH]nc2c(C(=O)O)cc(C(F)(F)F)cc12. The molecule has 1 aromatic carbocycles. The summed E-state index contributed by atoms with van der Waals surface area (Å²) in [5.41, 5.74) is -1.03. The number of aromatic nitrogens is 2. The lowest BCUT2D eigenvalue weighted by Gasteiger charge is -2.08. The first kappa shape index (κ1) is 11.4. The van der Waals surface area contributed by atoms with Gasteiger partial charge in [0.15, 0.2) is 0 Å². The number of hydrogen-bond donors (Lipinski definition) is 2. The molecule has 0 spiro atoms. The Bertz CT molecular complexity index is 601. The quantitative estimate of drug-likeness (QED) is 0.810. The van der Waals surface area contributed by atoms with Gasteiger partial charge in [0.2, 0.25) is 0 Å². The number of benzene rings is 1. The van der Waals surface area contributed by atoms with Crippen LogP contribution in [0.2, 0.25) is 0 Å². The van der Waals surface area contributed by atoms with Crippen molar-refractivity contribution < 1.29 is 23.1 Å². The molecule has 0 saturated heterocycles. The maximum atomic E-state index is 12.6. The summed E-state index contributed by atoms with van der Waals surface area (Å²) in [5.74, 6) is -1.44. The number of carbonyl (C=O) groups is 1. The average molecular weight is 244 g/mol. The van der Waals surface area contributed by atoms with Crippen LogP contribution in [-0.4, -0.2) is 21.3 Å². The van der Waals surface area contributed by atoms with Crippen LogP contribution in [0, 0.1) is 6.92 Å². The molecule has 0 aliphatic heterocycles. The van der Waals surface area contributed by atoms with Crippen molar-refractivity contribution in [3.63, 3.8) is 0 Å². The molecule has 0 fully saturated rings. The van der Waals surface area contributed by atoms with Gasteiger partial charge in [-0.25, -0.2) is 4.79 Å². The Kier molecular flexibility index (Phi) is 2.34. The third kappa shape index (κ3) is 1.83. The first-order chi connectivity index (χ1) is 7.80.